The first kappa shape index (κ1) is 9.71. The lowest BCUT2D eigenvalue weighted by Crippen LogP contribution is -2.31. The standard InChI is InChI=1S/C11H13N3O/c1-12-15-8-9-5-7-14(2)10-4-3-6-13-11(9)10/h3-7,10H,1,8H2,2H3. The third-order valence-corrected chi connectivity index (χ3v) is 2.46. The van der Waals surface area contributed by atoms with Crippen molar-refractivity contribution in [3.8, 4) is 0 Å². The number of allylic oxidation sites excluding steroid dienone is 1. The first-order valence-electron chi connectivity index (χ1n) is 4.75. The van der Waals surface area contributed by atoms with Gasteiger partial charge in [0, 0.05) is 31.8 Å². The second-order valence-electron chi connectivity index (χ2n) is 3.40. The highest BCUT2D eigenvalue weighted by atomic mass is 16.6. The van der Waals surface area contributed by atoms with Crippen LogP contribution in [0.4, 0.5) is 0 Å². The molecule has 0 bridgehead atoms. The Labute approximate surface area is 88.9 Å². The zero-order valence-corrected chi connectivity index (χ0v) is 8.63. The van der Waals surface area contributed by atoms with E-state index in [2.05, 4.69) is 27.8 Å². The second-order valence-corrected chi connectivity index (χ2v) is 3.40. The highest BCUT2D eigenvalue weighted by Crippen LogP contribution is 2.24. The molecule has 1 atom stereocenters. The Kier molecular flexibility index (Phi) is 2.67. The third-order valence-electron chi connectivity index (χ3n) is 2.46. The van der Waals surface area contributed by atoms with Crippen LogP contribution in [0.25, 0.3) is 0 Å². The average molecular weight is 203 g/mol. The highest BCUT2D eigenvalue weighted by molar-refractivity contribution is 5.75. The number of oxime groups is 1. The zero-order chi connectivity index (χ0) is 10.7. The molecule has 2 heterocycles. The number of dihydropyridines is 1. The first-order chi connectivity index (χ1) is 7.33. The summed E-state index contributed by atoms with van der Waals surface area (Å²) in [5.41, 5.74) is 2.07. The van der Waals surface area contributed by atoms with Gasteiger partial charge >= 0.3 is 0 Å². The van der Waals surface area contributed by atoms with E-state index >= 15 is 0 Å². The maximum atomic E-state index is 4.95. The molecular weight excluding hydrogens is 190 g/mol. The Morgan fingerprint density at radius 1 is 1.67 bits per heavy atom. The molecule has 0 radical (unpaired) electrons. The fourth-order valence-electron chi connectivity index (χ4n) is 1.67. The van der Waals surface area contributed by atoms with Crippen LogP contribution in [0.5, 0.6) is 0 Å². The fraction of sp³-hybridized carbons (Fsp3) is 0.273. The van der Waals surface area contributed by atoms with Crippen LogP contribution in [0.1, 0.15) is 0 Å². The molecule has 0 saturated heterocycles. The van der Waals surface area contributed by atoms with Crippen molar-refractivity contribution in [3.05, 3.63) is 35.7 Å². The van der Waals surface area contributed by atoms with Crippen LogP contribution in [0.2, 0.25) is 0 Å². The summed E-state index contributed by atoms with van der Waals surface area (Å²) in [6.07, 6.45) is 9.86. The lowest BCUT2D eigenvalue weighted by molar-refractivity contribution is 0.170. The minimum Gasteiger partial charge on any atom is -0.391 e. The van der Waals surface area contributed by atoms with E-state index in [0.29, 0.717) is 6.61 Å². The number of nitrogens with zero attached hydrogens (tertiary/aromatic N) is 3. The molecule has 0 fully saturated rings. The Morgan fingerprint density at radius 3 is 3.33 bits per heavy atom. The maximum absolute atomic E-state index is 4.95. The SMILES string of the molecule is C=NOCC1=C2N=CC=CC2N(C)C=C1. The Hall–Kier alpha value is -1.84. The minimum atomic E-state index is 0.211. The van der Waals surface area contributed by atoms with Gasteiger partial charge in [-0.05, 0) is 12.2 Å². The predicted molar refractivity (Wildman–Crippen MR) is 60.9 cm³/mol. The lowest BCUT2D eigenvalue weighted by atomic mass is 10.0. The molecule has 15 heavy (non-hydrogen) atoms. The van der Waals surface area contributed by atoms with E-state index in [4.69, 9.17) is 4.84 Å². The molecule has 2 aliphatic rings. The van der Waals surface area contributed by atoms with E-state index in [-0.39, 0.29) is 6.04 Å². The molecule has 0 N–H and O–H groups in total. The van der Waals surface area contributed by atoms with Gasteiger partial charge < -0.3 is 9.74 Å². The molecule has 1 unspecified atom stereocenters. The van der Waals surface area contributed by atoms with Crippen LogP contribution in [-0.2, 0) is 4.84 Å². The van der Waals surface area contributed by atoms with Crippen LogP contribution in [-0.4, -0.2) is 37.5 Å². The van der Waals surface area contributed by atoms with E-state index in [1.807, 2.05) is 25.4 Å². The van der Waals surface area contributed by atoms with Gasteiger partial charge in [0.25, 0.3) is 0 Å². The van der Waals surface area contributed by atoms with Crippen molar-refractivity contribution in [3.63, 3.8) is 0 Å². The molecule has 4 nitrogen and oxygen atoms in total. The smallest absolute Gasteiger partial charge is 0.144 e. The summed E-state index contributed by atoms with van der Waals surface area (Å²) >= 11 is 0. The summed E-state index contributed by atoms with van der Waals surface area (Å²) in [5, 5.41) is 3.38. The summed E-state index contributed by atoms with van der Waals surface area (Å²) in [4.78, 5) is 11.4. The number of aliphatic imine (C=N–C) groups is 1. The Balaban J connectivity index is 2.27. The van der Waals surface area contributed by atoms with E-state index < -0.39 is 0 Å². The molecule has 4 heteroatoms. The second kappa shape index (κ2) is 4.13. The van der Waals surface area contributed by atoms with Crippen LogP contribution in [0.3, 0.4) is 0 Å². The van der Waals surface area contributed by atoms with Crippen molar-refractivity contribution in [2.45, 2.75) is 6.04 Å². The van der Waals surface area contributed by atoms with E-state index in [1.54, 1.807) is 6.21 Å². The van der Waals surface area contributed by atoms with Crippen molar-refractivity contribution in [1.29, 1.82) is 0 Å². The number of likely N-dealkylation sites (N-methyl/N-ethyl adjacent to an activating group) is 1. The van der Waals surface area contributed by atoms with Gasteiger partial charge in [-0.3, -0.25) is 4.99 Å². The van der Waals surface area contributed by atoms with Gasteiger partial charge in [0.05, 0.1) is 11.7 Å². The largest absolute Gasteiger partial charge is 0.391 e. The van der Waals surface area contributed by atoms with Gasteiger partial charge in [-0.1, -0.05) is 6.08 Å². The molecular formula is C11H13N3O. The van der Waals surface area contributed by atoms with Crippen molar-refractivity contribution in [2.75, 3.05) is 13.7 Å². The van der Waals surface area contributed by atoms with Crippen LogP contribution >= 0.6 is 0 Å². The Morgan fingerprint density at radius 2 is 2.53 bits per heavy atom. The van der Waals surface area contributed by atoms with Crippen molar-refractivity contribution >= 4 is 12.9 Å². The monoisotopic (exact) mass is 203 g/mol. The number of fused-ring (bicyclic) bond motifs is 1. The predicted octanol–water partition coefficient (Wildman–Crippen LogP) is 1.34. The van der Waals surface area contributed by atoms with Gasteiger partial charge in [-0.25, -0.2) is 0 Å². The molecule has 0 spiro atoms. The van der Waals surface area contributed by atoms with Gasteiger partial charge in [-0.15, -0.1) is 5.16 Å². The minimum absolute atomic E-state index is 0.211. The van der Waals surface area contributed by atoms with Gasteiger partial charge in [0.2, 0.25) is 0 Å². The van der Waals surface area contributed by atoms with E-state index in [1.165, 1.54) is 0 Å². The van der Waals surface area contributed by atoms with E-state index in [0.717, 1.165) is 11.3 Å². The summed E-state index contributed by atoms with van der Waals surface area (Å²) < 4.78 is 0. The number of hydrogen-bond donors (Lipinski definition) is 0. The molecule has 0 saturated carbocycles. The van der Waals surface area contributed by atoms with Crippen molar-refractivity contribution in [2.24, 2.45) is 10.1 Å². The highest BCUT2D eigenvalue weighted by Gasteiger charge is 2.22. The molecule has 2 aliphatic heterocycles. The quantitative estimate of drug-likeness (QED) is 0.512. The average Bonchev–Trinajstić information content (AvgIpc) is 2.29. The van der Waals surface area contributed by atoms with Crippen LogP contribution < -0.4 is 0 Å². The molecule has 78 valence electrons. The third kappa shape index (κ3) is 1.83. The van der Waals surface area contributed by atoms with Gasteiger partial charge in [0.15, 0.2) is 0 Å². The fourth-order valence-corrected chi connectivity index (χ4v) is 1.67. The molecule has 0 aliphatic carbocycles. The van der Waals surface area contributed by atoms with Gasteiger partial charge in [-0.2, -0.15) is 0 Å². The normalized spacial score (nSPS) is 23.0. The molecule has 0 amide bonds. The lowest BCUT2D eigenvalue weighted by Gasteiger charge is -2.30. The zero-order valence-electron chi connectivity index (χ0n) is 8.63. The summed E-state index contributed by atoms with van der Waals surface area (Å²) in [6.45, 7) is 3.70. The Bertz CT molecular complexity index is 379. The molecule has 0 aromatic heterocycles. The summed E-state index contributed by atoms with van der Waals surface area (Å²) in [6, 6.07) is 0.211. The van der Waals surface area contributed by atoms with Gasteiger partial charge in [0.1, 0.15) is 6.61 Å². The topological polar surface area (TPSA) is 37.2 Å². The number of hydrogen-bond acceptors (Lipinski definition) is 4. The summed E-state index contributed by atoms with van der Waals surface area (Å²) in [7, 11) is 2.02. The molecule has 0 aromatic rings. The van der Waals surface area contributed by atoms with Crippen molar-refractivity contribution in [1.82, 2.24) is 4.90 Å². The summed E-state index contributed by atoms with van der Waals surface area (Å²) in [5.74, 6) is 0. The maximum Gasteiger partial charge on any atom is 0.144 e. The first-order valence-corrected chi connectivity index (χ1v) is 4.75. The van der Waals surface area contributed by atoms with Crippen molar-refractivity contribution < 1.29 is 4.84 Å². The molecule has 2 rings (SSSR count). The van der Waals surface area contributed by atoms with Crippen LogP contribution in [0.15, 0.2) is 45.8 Å². The molecule has 0 aromatic carbocycles. The van der Waals surface area contributed by atoms with E-state index in [9.17, 15) is 0 Å². The van der Waals surface area contributed by atoms with Crippen LogP contribution in [0, 0.1) is 0 Å². The number of rotatable bonds is 3.